The Labute approximate surface area is 97.5 Å². The Morgan fingerprint density at radius 2 is 1.87 bits per heavy atom. The third kappa shape index (κ3) is 2.36. The van der Waals surface area contributed by atoms with Gasteiger partial charge in [-0.2, -0.15) is 0 Å². The van der Waals surface area contributed by atoms with Crippen molar-refractivity contribution in [2.45, 2.75) is 0 Å². The second-order valence-corrected chi connectivity index (χ2v) is 4.10. The van der Waals surface area contributed by atoms with Crippen LogP contribution in [0.1, 0.15) is 0 Å². The molecule has 0 amide bonds. The molecule has 0 aliphatic heterocycles. The van der Waals surface area contributed by atoms with Crippen molar-refractivity contribution < 1.29 is 0 Å². The topological polar surface area (TPSA) is 24.9 Å². The van der Waals surface area contributed by atoms with E-state index in [-0.39, 0.29) is 0 Å². The van der Waals surface area contributed by atoms with Crippen molar-refractivity contribution in [2.75, 3.05) is 12.4 Å². The third-order valence-corrected chi connectivity index (χ3v) is 2.72. The van der Waals surface area contributed by atoms with E-state index in [0.717, 1.165) is 21.4 Å². The molecule has 0 bridgehead atoms. The maximum atomic E-state index is 4.33. The Morgan fingerprint density at radius 1 is 1.13 bits per heavy atom. The Kier molecular flexibility index (Phi) is 3.02. The molecule has 0 radical (unpaired) electrons. The number of hydrogen-bond acceptors (Lipinski definition) is 2. The van der Waals surface area contributed by atoms with Gasteiger partial charge in [-0.05, 0) is 24.3 Å². The monoisotopic (exact) mass is 262 g/mol. The summed E-state index contributed by atoms with van der Waals surface area (Å²) in [4.78, 5) is 4.33. The lowest BCUT2D eigenvalue weighted by Gasteiger charge is -2.04. The minimum atomic E-state index is 0.981. The lowest BCUT2D eigenvalue weighted by molar-refractivity contribution is 1.31. The molecule has 0 saturated carbocycles. The normalized spacial score (nSPS) is 10.0. The first-order valence-electron chi connectivity index (χ1n) is 4.69. The summed E-state index contributed by atoms with van der Waals surface area (Å²) in [5.74, 6) is 0. The number of aromatic nitrogens is 1. The Hall–Kier alpha value is -1.35. The van der Waals surface area contributed by atoms with Crippen LogP contribution in [0.5, 0.6) is 0 Å². The van der Waals surface area contributed by atoms with Crippen LogP contribution in [-0.2, 0) is 0 Å². The van der Waals surface area contributed by atoms with Crippen molar-refractivity contribution >= 4 is 21.6 Å². The zero-order valence-corrected chi connectivity index (χ0v) is 9.95. The molecule has 1 heterocycles. The fraction of sp³-hybridized carbons (Fsp3) is 0.0833. The summed E-state index contributed by atoms with van der Waals surface area (Å²) < 4.78 is 1.08. The molecule has 0 fully saturated rings. The molecule has 76 valence electrons. The number of halogens is 1. The SMILES string of the molecule is CNc1ccnc(-c2ccc(Br)cc2)c1. The summed E-state index contributed by atoms with van der Waals surface area (Å²) in [6.45, 7) is 0. The minimum absolute atomic E-state index is 0.981. The average molecular weight is 263 g/mol. The molecule has 1 aromatic carbocycles. The smallest absolute Gasteiger partial charge is 0.0722 e. The summed E-state index contributed by atoms with van der Waals surface area (Å²) in [5.41, 5.74) is 3.17. The molecule has 0 aliphatic rings. The largest absolute Gasteiger partial charge is 0.388 e. The van der Waals surface area contributed by atoms with E-state index in [4.69, 9.17) is 0 Å². The summed E-state index contributed by atoms with van der Waals surface area (Å²) in [6, 6.07) is 12.1. The van der Waals surface area contributed by atoms with Crippen LogP contribution in [0.15, 0.2) is 47.1 Å². The van der Waals surface area contributed by atoms with Crippen molar-refractivity contribution in [2.24, 2.45) is 0 Å². The van der Waals surface area contributed by atoms with Crippen LogP contribution in [0, 0.1) is 0 Å². The van der Waals surface area contributed by atoms with Crippen LogP contribution in [0.25, 0.3) is 11.3 Å². The first-order valence-corrected chi connectivity index (χ1v) is 5.48. The number of benzene rings is 1. The van der Waals surface area contributed by atoms with Gasteiger partial charge in [-0.15, -0.1) is 0 Å². The molecule has 0 atom stereocenters. The maximum absolute atomic E-state index is 4.33. The highest BCUT2D eigenvalue weighted by Crippen LogP contribution is 2.21. The van der Waals surface area contributed by atoms with E-state index >= 15 is 0 Å². The number of hydrogen-bond donors (Lipinski definition) is 1. The van der Waals surface area contributed by atoms with Crippen LogP contribution < -0.4 is 5.32 Å². The second kappa shape index (κ2) is 4.45. The molecular weight excluding hydrogens is 252 g/mol. The van der Waals surface area contributed by atoms with Crippen LogP contribution in [0.4, 0.5) is 5.69 Å². The summed E-state index contributed by atoms with van der Waals surface area (Å²) >= 11 is 3.41. The fourth-order valence-electron chi connectivity index (χ4n) is 1.36. The zero-order valence-electron chi connectivity index (χ0n) is 8.37. The Morgan fingerprint density at radius 3 is 2.53 bits per heavy atom. The van der Waals surface area contributed by atoms with E-state index in [1.54, 1.807) is 0 Å². The fourth-order valence-corrected chi connectivity index (χ4v) is 1.63. The molecule has 2 rings (SSSR count). The molecule has 2 aromatic rings. The van der Waals surface area contributed by atoms with Crippen molar-refractivity contribution in [3.05, 3.63) is 47.1 Å². The van der Waals surface area contributed by atoms with Gasteiger partial charge in [0.1, 0.15) is 0 Å². The standard InChI is InChI=1S/C12H11BrN2/c1-14-11-6-7-15-12(8-11)9-2-4-10(13)5-3-9/h2-8H,1H3,(H,14,15). The summed E-state index contributed by atoms with van der Waals surface area (Å²) in [7, 11) is 1.90. The van der Waals surface area contributed by atoms with Crippen LogP contribution in [0.2, 0.25) is 0 Å². The molecule has 1 aromatic heterocycles. The van der Waals surface area contributed by atoms with Gasteiger partial charge in [-0.3, -0.25) is 4.98 Å². The van der Waals surface area contributed by atoms with E-state index in [1.807, 2.05) is 49.6 Å². The molecule has 0 spiro atoms. The molecule has 0 unspecified atom stereocenters. The predicted molar refractivity (Wildman–Crippen MR) is 66.9 cm³/mol. The van der Waals surface area contributed by atoms with Crippen molar-refractivity contribution in [1.29, 1.82) is 0 Å². The van der Waals surface area contributed by atoms with Gasteiger partial charge in [0.25, 0.3) is 0 Å². The summed E-state index contributed by atoms with van der Waals surface area (Å²) in [5, 5.41) is 3.10. The lowest BCUT2D eigenvalue weighted by atomic mass is 10.1. The van der Waals surface area contributed by atoms with E-state index in [0.29, 0.717) is 0 Å². The van der Waals surface area contributed by atoms with Gasteiger partial charge < -0.3 is 5.32 Å². The number of anilines is 1. The molecule has 15 heavy (non-hydrogen) atoms. The Balaban J connectivity index is 2.40. The van der Waals surface area contributed by atoms with Gasteiger partial charge in [0.05, 0.1) is 5.69 Å². The maximum Gasteiger partial charge on any atom is 0.0722 e. The van der Waals surface area contributed by atoms with E-state index in [1.165, 1.54) is 0 Å². The highest BCUT2D eigenvalue weighted by molar-refractivity contribution is 9.10. The Bertz CT molecular complexity index is 451. The number of nitrogens with one attached hydrogen (secondary N) is 1. The molecule has 2 nitrogen and oxygen atoms in total. The number of nitrogens with zero attached hydrogens (tertiary/aromatic N) is 1. The number of pyridine rings is 1. The molecule has 3 heteroatoms. The highest BCUT2D eigenvalue weighted by Gasteiger charge is 1.99. The van der Waals surface area contributed by atoms with Crippen LogP contribution in [-0.4, -0.2) is 12.0 Å². The highest BCUT2D eigenvalue weighted by atomic mass is 79.9. The van der Waals surface area contributed by atoms with Gasteiger partial charge in [0.15, 0.2) is 0 Å². The van der Waals surface area contributed by atoms with Crippen LogP contribution in [0.3, 0.4) is 0 Å². The van der Waals surface area contributed by atoms with Crippen LogP contribution >= 0.6 is 15.9 Å². The van der Waals surface area contributed by atoms with Crippen molar-refractivity contribution in [3.63, 3.8) is 0 Å². The molecule has 0 saturated heterocycles. The summed E-state index contributed by atoms with van der Waals surface area (Å²) in [6.07, 6.45) is 1.81. The first kappa shape index (κ1) is 10.2. The van der Waals surface area contributed by atoms with E-state index in [9.17, 15) is 0 Å². The predicted octanol–water partition coefficient (Wildman–Crippen LogP) is 3.55. The third-order valence-electron chi connectivity index (χ3n) is 2.19. The molecule has 1 N–H and O–H groups in total. The molecule has 0 aliphatic carbocycles. The quantitative estimate of drug-likeness (QED) is 0.896. The van der Waals surface area contributed by atoms with Crippen molar-refractivity contribution in [3.8, 4) is 11.3 Å². The van der Waals surface area contributed by atoms with E-state index < -0.39 is 0 Å². The second-order valence-electron chi connectivity index (χ2n) is 3.19. The lowest BCUT2D eigenvalue weighted by Crippen LogP contribution is -1.90. The van der Waals surface area contributed by atoms with Gasteiger partial charge in [-0.1, -0.05) is 28.1 Å². The first-order chi connectivity index (χ1) is 7.29. The van der Waals surface area contributed by atoms with Gasteiger partial charge in [-0.25, -0.2) is 0 Å². The van der Waals surface area contributed by atoms with Gasteiger partial charge in [0.2, 0.25) is 0 Å². The van der Waals surface area contributed by atoms with Crippen molar-refractivity contribution in [1.82, 2.24) is 4.98 Å². The number of rotatable bonds is 2. The van der Waals surface area contributed by atoms with E-state index in [2.05, 4.69) is 26.2 Å². The van der Waals surface area contributed by atoms with Gasteiger partial charge >= 0.3 is 0 Å². The zero-order chi connectivity index (χ0) is 10.7. The minimum Gasteiger partial charge on any atom is -0.388 e. The average Bonchev–Trinajstić information content (AvgIpc) is 2.30. The van der Waals surface area contributed by atoms with Gasteiger partial charge in [0, 0.05) is 29.0 Å². The molecular formula is C12H11BrN2.